The summed E-state index contributed by atoms with van der Waals surface area (Å²) in [5, 5.41) is 3.12. The van der Waals surface area contributed by atoms with E-state index in [0.29, 0.717) is 5.56 Å². The summed E-state index contributed by atoms with van der Waals surface area (Å²) in [6.07, 6.45) is 3.87. The third-order valence-corrected chi connectivity index (χ3v) is 5.10. The zero-order valence-electron chi connectivity index (χ0n) is 15.2. The Morgan fingerprint density at radius 1 is 1.04 bits per heavy atom. The SMILES string of the molecule is CN(C)c1cccc(C(=O)NC2CCN(C(=O)N3CCCC3)CC2)c1. The van der Waals surface area contributed by atoms with Crippen LogP contribution in [0.15, 0.2) is 24.3 Å². The first-order valence-electron chi connectivity index (χ1n) is 9.16. The minimum absolute atomic E-state index is 0.0342. The summed E-state index contributed by atoms with van der Waals surface area (Å²) < 4.78 is 0. The largest absolute Gasteiger partial charge is 0.378 e. The van der Waals surface area contributed by atoms with Gasteiger partial charge in [-0.05, 0) is 43.9 Å². The molecule has 0 atom stereocenters. The van der Waals surface area contributed by atoms with E-state index in [9.17, 15) is 9.59 Å². The van der Waals surface area contributed by atoms with E-state index < -0.39 is 0 Å². The van der Waals surface area contributed by atoms with Crippen molar-refractivity contribution in [3.8, 4) is 0 Å². The van der Waals surface area contributed by atoms with Crippen molar-refractivity contribution in [1.29, 1.82) is 0 Å². The molecule has 136 valence electrons. The number of rotatable bonds is 3. The third-order valence-electron chi connectivity index (χ3n) is 5.10. The van der Waals surface area contributed by atoms with Crippen molar-refractivity contribution in [2.75, 3.05) is 45.2 Å². The maximum atomic E-state index is 12.5. The van der Waals surface area contributed by atoms with Crippen molar-refractivity contribution in [3.05, 3.63) is 29.8 Å². The molecule has 2 heterocycles. The van der Waals surface area contributed by atoms with Gasteiger partial charge in [0.15, 0.2) is 0 Å². The second-order valence-electron chi connectivity index (χ2n) is 7.16. The van der Waals surface area contributed by atoms with Crippen LogP contribution in [0.3, 0.4) is 0 Å². The van der Waals surface area contributed by atoms with E-state index in [0.717, 1.165) is 57.5 Å². The highest BCUT2D eigenvalue weighted by molar-refractivity contribution is 5.95. The van der Waals surface area contributed by atoms with Crippen LogP contribution in [-0.2, 0) is 0 Å². The Morgan fingerprint density at radius 2 is 1.68 bits per heavy atom. The lowest BCUT2D eigenvalue weighted by Crippen LogP contribution is -2.50. The molecule has 2 aliphatic rings. The van der Waals surface area contributed by atoms with Gasteiger partial charge in [-0.3, -0.25) is 4.79 Å². The van der Waals surface area contributed by atoms with E-state index in [2.05, 4.69) is 5.32 Å². The number of benzene rings is 1. The molecular formula is C19H28N4O2. The molecular weight excluding hydrogens is 316 g/mol. The average molecular weight is 344 g/mol. The molecule has 25 heavy (non-hydrogen) atoms. The van der Waals surface area contributed by atoms with Crippen LogP contribution < -0.4 is 10.2 Å². The molecule has 0 unspecified atom stereocenters. The zero-order chi connectivity index (χ0) is 17.8. The number of hydrogen-bond acceptors (Lipinski definition) is 3. The van der Waals surface area contributed by atoms with Crippen LogP contribution in [0.1, 0.15) is 36.0 Å². The standard InChI is InChI=1S/C19H28N4O2/c1-21(2)17-7-5-6-15(14-17)18(24)20-16-8-12-23(13-9-16)19(25)22-10-3-4-11-22/h5-7,14,16H,3-4,8-13H2,1-2H3,(H,20,24). The molecule has 3 rings (SSSR count). The second kappa shape index (κ2) is 7.76. The lowest BCUT2D eigenvalue weighted by Gasteiger charge is -2.34. The Morgan fingerprint density at radius 3 is 2.32 bits per heavy atom. The van der Waals surface area contributed by atoms with Crippen molar-refractivity contribution in [2.45, 2.75) is 31.7 Å². The van der Waals surface area contributed by atoms with Gasteiger partial charge in [0.25, 0.3) is 5.91 Å². The molecule has 2 fully saturated rings. The Hall–Kier alpha value is -2.24. The molecule has 6 nitrogen and oxygen atoms in total. The molecule has 1 N–H and O–H groups in total. The molecule has 6 heteroatoms. The Kier molecular flexibility index (Phi) is 5.46. The van der Waals surface area contributed by atoms with Crippen molar-refractivity contribution < 1.29 is 9.59 Å². The van der Waals surface area contributed by atoms with Crippen LogP contribution in [-0.4, -0.2) is 68.1 Å². The Labute approximate surface area is 149 Å². The lowest BCUT2D eigenvalue weighted by molar-refractivity contribution is 0.0912. The van der Waals surface area contributed by atoms with Gasteiger partial charge in [-0.1, -0.05) is 6.07 Å². The van der Waals surface area contributed by atoms with E-state index in [1.807, 2.05) is 53.1 Å². The van der Waals surface area contributed by atoms with Crippen LogP contribution in [0.25, 0.3) is 0 Å². The van der Waals surface area contributed by atoms with Crippen molar-refractivity contribution >= 4 is 17.6 Å². The maximum Gasteiger partial charge on any atom is 0.319 e. The smallest absolute Gasteiger partial charge is 0.319 e. The molecule has 0 aliphatic carbocycles. The van der Waals surface area contributed by atoms with Crippen LogP contribution in [0.2, 0.25) is 0 Å². The van der Waals surface area contributed by atoms with E-state index in [1.165, 1.54) is 0 Å². The number of anilines is 1. The number of carbonyl (C=O) groups excluding carboxylic acids is 2. The summed E-state index contributed by atoms with van der Waals surface area (Å²) in [5.41, 5.74) is 1.69. The fourth-order valence-corrected chi connectivity index (χ4v) is 3.52. The summed E-state index contributed by atoms with van der Waals surface area (Å²) in [5.74, 6) is -0.0342. The fraction of sp³-hybridized carbons (Fsp3) is 0.579. The third kappa shape index (κ3) is 4.24. The van der Waals surface area contributed by atoms with E-state index in [1.54, 1.807) is 0 Å². The predicted molar refractivity (Wildman–Crippen MR) is 99.0 cm³/mol. The summed E-state index contributed by atoms with van der Waals surface area (Å²) in [6.45, 7) is 3.21. The Bertz CT molecular complexity index is 618. The summed E-state index contributed by atoms with van der Waals surface area (Å²) in [4.78, 5) is 30.8. The fourth-order valence-electron chi connectivity index (χ4n) is 3.52. The number of carbonyl (C=O) groups is 2. The average Bonchev–Trinajstić information content (AvgIpc) is 3.16. The molecule has 2 aliphatic heterocycles. The molecule has 0 aromatic heterocycles. The minimum Gasteiger partial charge on any atom is -0.378 e. The number of likely N-dealkylation sites (tertiary alicyclic amines) is 2. The van der Waals surface area contributed by atoms with Gasteiger partial charge in [0.2, 0.25) is 0 Å². The highest BCUT2D eigenvalue weighted by atomic mass is 16.2. The van der Waals surface area contributed by atoms with Crippen LogP contribution in [0.4, 0.5) is 10.5 Å². The van der Waals surface area contributed by atoms with Crippen LogP contribution in [0.5, 0.6) is 0 Å². The first kappa shape index (κ1) is 17.6. The lowest BCUT2D eigenvalue weighted by atomic mass is 10.0. The number of nitrogens with one attached hydrogen (secondary N) is 1. The van der Waals surface area contributed by atoms with Gasteiger partial charge < -0.3 is 20.0 Å². The number of nitrogens with zero attached hydrogens (tertiary/aromatic N) is 3. The minimum atomic E-state index is -0.0342. The van der Waals surface area contributed by atoms with Crippen LogP contribution in [0, 0.1) is 0 Å². The number of hydrogen-bond donors (Lipinski definition) is 1. The first-order valence-corrected chi connectivity index (χ1v) is 9.16. The molecule has 0 radical (unpaired) electrons. The van der Waals surface area contributed by atoms with Crippen molar-refractivity contribution in [2.24, 2.45) is 0 Å². The van der Waals surface area contributed by atoms with Gasteiger partial charge in [0, 0.05) is 57.6 Å². The quantitative estimate of drug-likeness (QED) is 0.914. The van der Waals surface area contributed by atoms with Gasteiger partial charge in [-0.15, -0.1) is 0 Å². The second-order valence-corrected chi connectivity index (χ2v) is 7.16. The highest BCUT2D eigenvalue weighted by Gasteiger charge is 2.28. The monoisotopic (exact) mass is 344 g/mol. The molecule has 1 aromatic rings. The van der Waals surface area contributed by atoms with Gasteiger partial charge in [-0.2, -0.15) is 0 Å². The Balaban J connectivity index is 1.51. The molecule has 0 saturated carbocycles. The zero-order valence-corrected chi connectivity index (χ0v) is 15.2. The topological polar surface area (TPSA) is 55.9 Å². The van der Waals surface area contributed by atoms with Gasteiger partial charge in [0.1, 0.15) is 0 Å². The van der Waals surface area contributed by atoms with Gasteiger partial charge in [-0.25, -0.2) is 4.79 Å². The molecule has 0 spiro atoms. The predicted octanol–water partition coefficient (Wildman–Crippen LogP) is 2.16. The molecule has 3 amide bonds. The van der Waals surface area contributed by atoms with E-state index in [4.69, 9.17) is 0 Å². The van der Waals surface area contributed by atoms with Crippen molar-refractivity contribution in [1.82, 2.24) is 15.1 Å². The number of amides is 3. The summed E-state index contributed by atoms with van der Waals surface area (Å²) in [6, 6.07) is 7.94. The number of urea groups is 1. The van der Waals surface area contributed by atoms with Crippen LogP contribution >= 0.6 is 0 Å². The first-order chi connectivity index (χ1) is 12.0. The number of piperidine rings is 1. The molecule has 2 saturated heterocycles. The normalized spacial score (nSPS) is 18.3. The molecule has 0 bridgehead atoms. The van der Waals surface area contributed by atoms with E-state index in [-0.39, 0.29) is 18.0 Å². The summed E-state index contributed by atoms with van der Waals surface area (Å²) >= 11 is 0. The maximum absolute atomic E-state index is 12.5. The van der Waals surface area contributed by atoms with Gasteiger partial charge >= 0.3 is 6.03 Å². The van der Waals surface area contributed by atoms with E-state index >= 15 is 0 Å². The summed E-state index contributed by atoms with van der Waals surface area (Å²) in [7, 11) is 3.92. The van der Waals surface area contributed by atoms with Crippen molar-refractivity contribution in [3.63, 3.8) is 0 Å². The molecule has 1 aromatic carbocycles. The highest BCUT2D eigenvalue weighted by Crippen LogP contribution is 2.17. The van der Waals surface area contributed by atoms with Gasteiger partial charge in [0.05, 0.1) is 0 Å².